The number of methoxy groups -OCH3 is 2. The molecular weight excluding hydrogens is 440 g/mol. The summed E-state index contributed by atoms with van der Waals surface area (Å²) in [6.45, 7) is 0. The van der Waals surface area contributed by atoms with Crippen LogP contribution in [0.1, 0.15) is 22.8 Å². The van der Waals surface area contributed by atoms with Crippen molar-refractivity contribution in [2.24, 2.45) is 38.2 Å². The number of aliphatic imine (C=N–C) groups is 2. The number of imidazole rings is 2. The highest BCUT2D eigenvalue weighted by Gasteiger charge is 2.21. The highest BCUT2D eigenvalue weighted by atomic mass is 16.5. The van der Waals surface area contributed by atoms with E-state index in [1.807, 2.05) is 95.5 Å². The van der Waals surface area contributed by atoms with Gasteiger partial charge in [0.2, 0.25) is 0 Å². The van der Waals surface area contributed by atoms with Gasteiger partial charge in [-0.15, -0.1) is 0 Å². The van der Waals surface area contributed by atoms with Crippen LogP contribution in [0, 0.1) is 0 Å². The molecule has 0 amide bonds. The fourth-order valence-corrected chi connectivity index (χ4v) is 4.00. The normalized spacial score (nSPS) is 12.2. The fourth-order valence-electron chi connectivity index (χ4n) is 4.00. The van der Waals surface area contributed by atoms with Crippen LogP contribution in [0.5, 0.6) is 0 Å². The van der Waals surface area contributed by atoms with Gasteiger partial charge in [0.1, 0.15) is 24.8 Å². The first kappa shape index (κ1) is 23.9. The van der Waals surface area contributed by atoms with Crippen LogP contribution in [0.25, 0.3) is 0 Å². The zero-order valence-corrected chi connectivity index (χ0v) is 21.1. The Morgan fingerprint density at radius 1 is 0.686 bits per heavy atom. The second-order valence-electron chi connectivity index (χ2n) is 8.44. The Morgan fingerprint density at radius 3 is 1.34 bits per heavy atom. The Labute approximate surface area is 206 Å². The summed E-state index contributed by atoms with van der Waals surface area (Å²) in [5, 5.41) is 0. The minimum Gasteiger partial charge on any atom is -0.475 e. The van der Waals surface area contributed by atoms with Crippen molar-refractivity contribution in [2.45, 2.75) is 6.42 Å². The molecule has 0 unspecified atom stereocenters. The predicted octanol–water partition coefficient (Wildman–Crippen LogP) is 3.05. The van der Waals surface area contributed by atoms with Crippen molar-refractivity contribution in [3.05, 3.63) is 96.1 Å². The monoisotopic (exact) mass is 472 g/mol. The van der Waals surface area contributed by atoms with Crippen molar-refractivity contribution in [1.29, 1.82) is 0 Å². The van der Waals surface area contributed by atoms with E-state index in [1.165, 1.54) is 11.1 Å². The van der Waals surface area contributed by atoms with Gasteiger partial charge in [0.25, 0.3) is 0 Å². The molecule has 0 aliphatic rings. The van der Waals surface area contributed by atoms with Crippen LogP contribution in [-0.2, 0) is 44.1 Å². The molecule has 2 aromatic carbocycles. The third-order valence-corrected chi connectivity index (χ3v) is 5.88. The standard InChI is InChI=1S/C27H32N6O2/c1-30-15-16-31(2)26(30)24(34-5)28-22-11-7-20(8-12-22)19-21-9-13-23(14-10-21)29-25(35-6)27-32(3)17-18-33(27)4/h7-18H,19H2,1-6H3/q+2/b28-24-,29-25-. The smallest absolute Gasteiger partial charge is 0.344 e. The van der Waals surface area contributed by atoms with Crippen molar-refractivity contribution in [3.8, 4) is 0 Å². The van der Waals surface area contributed by atoms with Crippen molar-refractivity contribution >= 4 is 23.2 Å². The van der Waals surface area contributed by atoms with Gasteiger partial charge < -0.3 is 9.47 Å². The van der Waals surface area contributed by atoms with Crippen LogP contribution in [0.15, 0.2) is 83.3 Å². The summed E-state index contributed by atoms with van der Waals surface area (Å²) in [6, 6.07) is 16.5. The molecule has 8 nitrogen and oxygen atoms in total. The van der Waals surface area contributed by atoms with Crippen LogP contribution in [-0.4, -0.2) is 35.1 Å². The highest BCUT2D eigenvalue weighted by Crippen LogP contribution is 2.20. The third-order valence-electron chi connectivity index (χ3n) is 5.88. The Morgan fingerprint density at radius 2 is 1.06 bits per heavy atom. The molecular formula is C27H32N6O2+2. The van der Waals surface area contributed by atoms with Crippen molar-refractivity contribution in [2.75, 3.05) is 14.2 Å². The summed E-state index contributed by atoms with van der Waals surface area (Å²) in [4.78, 5) is 9.39. The summed E-state index contributed by atoms with van der Waals surface area (Å²) in [5.41, 5.74) is 4.10. The van der Waals surface area contributed by atoms with Gasteiger partial charge in [-0.1, -0.05) is 24.3 Å². The van der Waals surface area contributed by atoms with Crippen LogP contribution in [0.2, 0.25) is 0 Å². The highest BCUT2D eigenvalue weighted by molar-refractivity contribution is 5.91. The van der Waals surface area contributed by atoms with Gasteiger partial charge in [-0.2, -0.15) is 0 Å². The lowest BCUT2D eigenvalue weighted by atomic mass is 10.0. The second-order valence-corrected chi connectivity index (χ2v) is 8.44. The topological polar surface area (TPSA) is 60.8 Å². The lowest BCUT2D eigenvalue weighted by molar-refractivity contribution is -0.672. The molecule has 35 heavy (non-hydrogen) atoms. The number of aromatic nitrogens is 4. The van der Waals surface area contributed by atoms with Gasteiger partial charge in [-0.25, -0.2) is 28.3 Å². The summed E-state index contributed by atoms with van der Waals surface area (Å²) >= 11 is 0. The molecule has 0 saturated carbocycles. The minimum atomic E-state index is 0.572. The maximum atomic E-state index is 5.56. The fraction of sp³-hybridized carbons (Fsp3) is 0.259. The van der Waals surface area contributed by atoms with Gasteiger partial charge >= 0.3 is 23.4 Å². The van der Waals surface area contributed by atoms with Crippen molar-refractivity contribution in [3.63, 3.8) is 0 Å². The van der Waals surface area contributed by atoms with Gasteiger partial charge in [0, 0.05) is 0 Å². The van der Waals surface area contributed by atoms with E-state index < -0.39 is 0 Å². The van der Waals surface area contributed by atoms with E-state index in [4.69, 9.17) is 19.5 Å². The number of rotatable bonds is 6. The summed E-state index contributed by atoms with van der Waals surface area (Å²) in [5.74, 6) is 2.94. The Balaban J connectivity index is 1.47. The molecule has 2 heterocycles. The second kappa shape index (κ2) is 10.4. The van der Waals surface area contributed by atoms with E-state index in [2.05, 4.69) is 24.3 Å². The molecule has 0 aliphatic heterocycles. The quantitative estimate of drug-likeness (QED) is 0.246. The zero-order valence-electron chi connectivity index (χ0n) is 21.1. The van der Waals surface area contributed by atoms with Crippen LogP contribution < -0.4 is 9.13 Å². The molecule has 0 spiro atoms. The van der Waals surface area contributed by atoms with E-state index >= 15 is 0 Å². The molecule has 0 bridgehead atoms. The van der Waals surface area contributed by atoms with E-state index in [0.717, 1.165) is 29.4 Å². The number of aryl methyl sites for hydroxylation is 4. The SMILES string of the molecule is CO/C(=N\c1ccc(Cc2ccc(/N=C(\OC)c3n(C)cc[n+]3C)cc2)cc1)c1n(C)cc[n+]1C. The van der Waals surface area contributed by atoms with Crippen molar-refractivity contribution < 1.29 is 18.6 Å². The summed E-state index contributed by atoms with van der Waals surface area (Å²) < 4.78 is 19.1. The number of hydrogen-bond donors (Lipinski definition) is 0. The van der Waals surface area contributed by atoms with Gasteiger partial charge in [0.05, 0.1) is 53.8 Å². The Kier molecular flexibility index (Phi) is 7.10. The number of ether oxygens (including phenoxy) is 2. The van der Waals surface area contributed by atoms with Crippen LogP contribution >= 0.6 is 0 Å². The minimum absolute atomic E-state index is 0.572. The van der Waals surface area contributed by atoms with Gasteiger partial charge in [0.15, 0.2) is 0 Å². The molecule has 0 atom stereocenters. The van der Waals surface area contributed by atoms with Crippen LogP contribution in [0.3, 0.4) is 0 Å². The predicted molar refractivity (Wildman–Crippen MR) is 135 cm³/mol. The molecule has 4 aromatic rings. The molecule has 0 N–H and O–H groups in total. The molecule has 0 aliphatic carbocycles. The maximum Gasteiger partial charge on any atom is 0.344 e. The molecule has 4 rings (SSSR count). The van der Waals surface area contributed by atoms with E-state index in [9.17, 15) is 0 Å². The molecule has 0 saturated heterocycles. The van der Waals surface area contributed by atoms with E-state index in [0.29, 0.717) is 11.8 Å². The lowest BCUT2D eigenvalue weighted by Crippen LogP contribution is -2.35. The van der Waals surface area contributed by atoms with Gasteiger partial charge in [-0.05, 0) is 41.8 Å². The maximum absolute atomic E-state index is 5.56. The largest absolute Gasteiger partial charge is 0.475 e. The average molecular weight is 473 g/mol. The third kappa shape index (κ3) is 5.32. The number of nitrogens with zero attached hydrogens (tertiary/aromatic N) is 6. The molecule has 8 heteroatoms. The molecule has 2 aromatic heterocycles. The first-order valence-electron chi connectivity index (χ1n) is 11.4. The summed E-state index contributed by atoms with van der Waals surface area (Å²) in [6.07, 6.45) is 8.72. The van der Waals surface area contributed by atoms with E-state index in [-0.39, 0.29) is 0 Å². The molecule has 0 fully saturated rings. The average Bonchev–Trinajstić information content (AvgIpc) is 3.38. The Bertz CT molecular complexity index is 1220. The van der Waals surface area contributed by atoms with Gasteiger partial charge in [-0.3, -0.25) is 0 Å². The molecule has 180 valence electrons. The lowest BCUT2D eigenvalue weighted by Gasteiger charge is -2.06. The Hall–Kier alpha value is -4.20. The number of hydrogen-bond acceptors (Lipinski definition) is 4. The number of benzene rings is 2. The first-order chi connectivity index (χ1) is 16.9. The zero-order chi connectivity index (χ0) is 24.9. The molecule has 0 radical (unpaired) electrons. The first-order valence-corrected chi connectivity index (χ1v) is 11.4. The summed E-state index contributed by atoms with van der Waals surface area (Å²) in [7, 11) is 11.2. The van der Waals surface area contributed by atoms with Crippen molar-refractivity contribution in [1.82, 2.24) is 9.13 Å². The van der Waals surface area contributed by atoms with Crippen LogP contribution in [0.4, 0.5) is 11.4 Å². The van der Waals surface area contributed by atoms with E-state index in [1.54, 1.807) is 14.2 Å².